The predicted octanol–water partition coefficient (Wildman–Crippen LogP) is 3.41. The average Bonchev–Trinajstić information content (AvgIpc) is 3.38. The molecule has 1 amide bonds. The van der Waals surface area contributed by atoms with Crippen LogP contribution < -0.4 is 10.5 Å². The summed E-state index contributed by atoms with van der Waals surface area (Å²) in [6.07, 6.45) is 1.87. The Morgan fingerprint density at radius 2 is 2.03 bits per heavy atom. The maximum atomic E-state index is 13.3. The second-order valence-corrected chi connectivity index (χ2v) is 8.93. The number of benzene rings is 2. The summed E-state index contributed by atoms with van der Waals surface area (Å²) < 4.78 is 15.4. The highest BCUT2D eigenvalue weighted by Crippen LogP contribution is 2.34. The zero-order chi connectivity index (χ0) is 23.8. The van der Waals surface area contributed by atoms with Crippen LogP contribution in [0.3, 0.4) is 0 Å². The van der Waals surface area contributed by atoms with Crippen LogP contribution in [0.2, 0.25) is 0 Å². The van der Waals surface area contributed by atoms with Gasteiger partial charge in [-0.3, -0.25) is 4.79 Å². The summed E-state index contributed by atoms with van der Waals surface area (Å²) in [5.74, 6) is 1.41. The number of carbonyl (C=O) groups excluding carboxylic acids is 1. The number of ether oxygens (including phenoxy) is 2. The van der Waals surface area contributed by atoms with Crippen LogP contribution in [0.25, 0.3) is 33.5 Å². The van der Waals surface area contributed by atoms with Gasteiger partial charge in [0.1, 0.15) is 11.3 Å². The molecule has 1 atom stereocenters. The molecule has 2 aromatic carbocycles. The first kappa shape index (κ1) is 22.4. The number of amides is 1. The minimum absolute atomic E-state index is 0.0267. The van der Waals surface area contributed by atoms with E-state index in [0.717, 1.165) is 52.8 Å². The molecular weight excluding hydrogens is 430 g/mol. The van der Waals surface area contributed by atoms with E-state index in [4.69, 9.17) is 20.2 Å². The summed E-state index contributed by atoms with van der Waals surface area (Å²) in [6.45, 7) is 2.60. The van der Waals surface area contributed by atoms with E-state index >= 15 is 0 Å². The summed E-state index contributed by atoms with van der Waals surface area (Å²) in [4.78, 5) is 20.1. The summed E-state index contributed by atoms with van der Waals surface area (Å²) in [5.41, 5.74) is 10.4. The Morgan fingerprint density at radius 1 is 1.21 bits per heavy atom. The summed E-state index contributed by atoms with van der Waals surface area (Å²) >= 11 is 0. The quantitative estimate of drug-likeness (QED) is 0.475. The first-order chi connectivity index (χ1) is 16.5. The monoisotopic (exact) mass is 461 g/mol. The molecule has 0 saturated carbocycles. The van der Waals surface area contributed by atoms with Gasteiger partial charge in [0.2, 0.25) is 0 Å². The fourth-order valence-electron chi connectivity index (χ4n) is 5.01. The topological polar surface area (TPSA) is 87.5 Å². The van der Waals surface area contributed by atoms with E-state index in [0.29, 0.717) is 31.0 Å². The molecule has 2 aromatic heterocycles. The first-order valence-electron chi connectivity index (χ1n) is 11.7. The third-order valence-electron chi connectivity index (χ3n) is 6.70. The van der Waals surface area contributed by atoms with Gasteiger partial charge in [0.05, 0.1) is 24.9 Å². The summed E-state index contributed by atoms with van der Waals surface area (Å²) in [6, 6.07) is 14.2. The second kappa shape index (κ2) is 9.12. The number of para-hydroxylation sites is 1. The van der Waals surface area contributed by atoms with Gasteiger partial charge in [-0.25, -0.2) is 4.98 Å². The fraction of sp³-hybridized carbons (Fsp3) is 0.385. The molecule has 1 fully saturated rings. The number of likely N-dealkylation sites (tertiary alicyclic amines) is 1. The molecule has 3 heterocycles. The van der Waals surface area contributed by atoms with Crippen molar-refractivity contribution in [3.63, 3.8) is 0 Å². The molecule has 8 heteroatoms. The molecule has 178 valence electrons. The normalized spacial score (nSPS) is 16.5. The van der Waals surface area contributed by atoms with Gasteiger partial charge in [-0.15, -0.1) is 0 Å². The van der Waals surface area contributed by atoms with Gasteiger partial charge in [-0.1, -0.05) is 18.2 Å². The van der Waals surface area contributed by atoms with Gasteiger partial charge in [-0.05, 0) is 37.1 Å². The lowest BCUT2D eigenvalue weighted by atomic mass is 10.0. The lowest BCUT2D eigenvalue weighted by Crippen LogP contribution is -2.45. The molecule has 8 nitrogen and oxygen atoms in total. The molecule has 1 saturated heterocycles. The van der Waals surface area contributed by atoms with E-state index in [9.17, 15) is 4.79 Å². The Kier molecular flexibility index (Phi) is 6.02. The molecule has 0 spiro atoms. The molecular formula is C26H31N5O3. The van der Waals surface area contributed by atoms with Crippen molar-refractivity contribution >= 4 is 27.8 Å². The van der Waals surface area contributed by atoms with E-state index in [1.54, 1.807) is 14.2 Å². The van der Waals surface area contributed by atoms with Gasteiger partial charge >= 0.3 is 0 Å². The number of nitrogens with two attached hydrogens (primary N) is 1. The SMILES string of the molecule is COCCn1c(-c2nc3cc(C(=O)N4CCCC(N)C4)cc(OC)c3n2C)cc2ccccc21. The number of fused-ring (bicyclic) bond motifs is 2. The van der Waals surface area contributed by atoms with Crippen molar-refractivity contribution in [3.8, 4) is 17.3 Å². The van der Waals surface area contributed by atoms with Crippen molar-refractivity contribution in [2.45, 2.75) is 25.4 Å². The molecule has 5 rings (SSSR count). The number of methoxy groups -OCH3 is 2. The van der Waals surface area contributed by atoms with Crippen LogP contribution in [0.4, 0.5) is 0 Å². The fourth-order valence-corrected chi connectivity index (χ4v) is 5.01. The minimum atomic E-state index is -0.0308. The molecule has 0 aliphatic carbocycles. The van der Waals surface area contributed by atoms with Gasteiger partial charge in [0.25, 0.3) is 5.91 Å². The van der Waals surface area contributed by atoms with Crippen molar-refractivity contribution in [2.24, 2.45) is 12.8 Å². The van der Waals surface area contributed by atoms with Crippen LogP contribution in [0.5, 0.6) is 5.75 Å². The molecule has 4 aromatic rings. The minimum Gasteiger partial charge on any atom is -0.494 e. The van der Waals surface area contributed by atoms with E-state index in [2.05, 4.69) is 22.8 Å². The van der Waals surface area contributed by atoms with Gasteiger partial charge in [0, 0.05) is 56.3 Å². The van der Waals surface area contributed by atoms with E-state index in [-0.39, 0.29) is 11.9 Å². The molecule has 34 heavy (non-hydrogen) atoms. The van der Waals surface area contributed by atoms with E-state index in [1.165, 1.54) is 0 Å². The van der Waals surface area contributed by atoms with Crippen molar-refractivity contribution in [1.82, 2.24) is 19.0 Å². The summed E-state index contributed by atoms with van der Waals surface area (Å²) in [7, 11) is 5.32. The maximum absolute atomic E-state index is 13.3. The van der Waals surface area contributed by atoms with E-state index < -0.39 is 0 Å². The molecule has 1 aliphatic heterocycles. The van der Waals surface area contributed by atoms with Gasteiger partial charge < -0.3 is 29.2 Å². The molecule has 1 unspecified atom stereocenters. The van der Waals surface area contributed by atoms with Gasteiger partial charge in [0.15, 0.2) is 5.82 Å². The molecule has 0 radical (unpaired) electrons. The second-order valence-electron chi connectivity index (χ2n) is 8.93. The number of carbonyl (C=O) groups is 1. The predicted molar refractivity (Wildman–Crippen MR) is 133 cm³/mol. The largest absolute Gasteiger partial charge is 0.494 e. The zero-order valence-corrected chi connectivity index (χ0v) is 20.0. The lowest BCUT2D eigenvalue weighted by Gasteiger charge is -2.30. The number of imidazole rings is 1. The third-order valence-corrected chi connectivity index (χ3v) is 6.70. The van der Waals surface area contributed by atoms with E-state index in [1.807, 2.05) is 40.8 Å². The number of aromatic nitrogens is 3. The molecule has 1 aliphatic rings. The molecule has 0 bridgehead atoms. The molecule has 2 N–H and O–H groups in total. The number of nitrogens with zero attached hydrogens (tertiary/aromatic N) is 4. The Hall–Kier alpha value is -3.36. The number of rotatable bonds is 6. The van der Waals surface area contributed by atoms with Crippen LogP contribution in [0, 0.1) is 0 Å². The third kappa shape index (κ3) is 3.82. The number of hydrogen-bond acceptors (Lipinski definition) is 5. The number of aryl methyl sites for hydroxylation is 1. The van der Waals surface area contributed by atoms with Crippen LogP contribution in [-0.4, -0.2) is 64.9 Å². The lowest BCUT2D eigenvalue weighted by molar-refractivity contribution is 0.0708. The van der Waals surface area contributed by atoms with Crippen molar-refractivity contribution < 1.29 is 14.3 Å². The highest BCUT2D eigenvalue weighted by molar-refractivity contribution is 6.00. The first-order valence-corrected chi connectivity index (χ1v) is 11.7. The number of piperidine rings is 1. The van der Waals surface area contributed by atoms with Crippen LogP contribution >= 0.6 is 0 Å². The van der Waals surface area contributed by atoms with Crippen LogP contribution in [-0.2, 0) is 18.3 Å². The Morgan fingerprint density at radius 3 is 2.79 bits per heavy atom. The Balaban J connectivity index is 1.63. The highest BCUT2D eigenvalue weighted by atomic mass is 16.5. The highest BCUT2D eigenvalue weighted by Gasteiger charge is 2.25. The van der Waals surface area contributed by atoms with Crippen molar-refractivity contribution in [3.05, 3.63) is 48.0 Å². The zero-order valence-electron chi connectivity index (χ0n) is 20.0. The van der Waals surface area contributed by atoms with Crippen molar-refractivity contribution in [2.75, 3.05) is 33.9 Å². The Labute approximate surface area is 198 Å². The van der Waals surface area contributed by atoms with Crippen molar-refractivity contribution in [1.29, 1.82) is 0 Å². The standard InChI is InChI=1S/C26H31N5O3/c1-29-24-20(13-18(15-23(24)34-3)26(32)30-10-6-8-19(27)16-30)28-25(29)22-14-17-7-4-5-9-21(17)31(22)11-12-33-2/h4-5,7,9,13-15,19H,6,8,10-12,16,27H2,1-3H3. The Bertz CT molecular complexity index is 1360. The smallest absolute Gasteiger partial charge is 0.254 e. The van der Waals surface area contributed by atoms with Gasteiger partial charge in [-0.2, -0.15) is 0 Å². The summed E-state index contributed by atoms with van der Waals surface area (Å²) in [5, 5.41) is 1.14. The average molecular weight is 462 g/mol. The maximum Gasteiger partial charge on any atom is 0.254 e. The number of hydrogen-bond donors (Lipinski definition) is 1. The van der Waals surface area contributed by atoms with Crippen LogP contribution in [0.1, 0.15) is 23.2 Å². The van der Waals surface area contributed by atoms with Crippen LogP contribution in [0.15, 0.2) is 42.5 Å².